The molecule has 4 aliphatic rings. The first-order valence-corrected chi connectivity index (χ1v) is 11.3. The number of aromatic nitrogens is 3. The number of hydrogen-bond donors (Lipinski definition) is 0. The molecule has 6 rings (SSSR count). The lowest BCUT2D eigenvalue weighted by molar-refractivity contribution is -0.173. The summed E-state index contributed by atoms with van der Waals surface area (Å²) in [6.07, 6.45) is 7.67. The van der Waals surface area contributed by atoms with Gasteiger partial charge in [0.1, 0.15) is 11.6 Å². The van der Waals surface area contributed by atoms with Crippen LogP contribution in [-0.2, 0) is 22.6 Å². The maximum Gasteiger partial charge on any atom is 0.312 e. The van der Waals surface area contributed by atoms with Crippen molar-refractivity contribution in [3.8, 4) is 0 Å². The summed E-state index contributed by atoms with van der Waals surface area (Å²) in [5.74, 6) is 2.51. The molecule has 28 heavy (non-hydrogen) atoms. The van der Waals surface area contributed by atoms with Crippen LogP contribution in [0.15, 0.2) is 10.9 Å². The van der Waals surface area contributed by atoms with Crippen LogP contribution in [0, 0.1) is 29.1 Å². The molecule has 7 heteroatoms. The number of ether oxygens (including phenoxy) is 1. The molecule has 150 valence electrons. The standard InChI is InChI=1S/C21H27N3O3S/c1-12(2)3-17-23-24-18(25)7-16(22-20(24)28-17)11-27-19(26)21-8-13-4-14(9-21)6-15(5-13)10-21/h7,12-15H,3-6,8-11H2,1-2H3. The zero-order valence-corrected chi connectivity index (χ0v) is 17.3. The molecule has 0 amide bonds. The highest BCUT2D eigenvalue weighted by Gasteiger charge is 2.55. The molecule has 0 radical (unpaired) electrons. The lowest BCUT2D eigenvalue weighted by atomic mass is 9.49. The lowest BCUT2D eigenvalue weighted by Crippen LogP contribution is -2.50. The van der Waals surface area contributed by atoms with Crippen molar-refractivity contribution in [3.63, 3.8) is 0 Å². The average Bonchev–Trinajstić information content (AvgIpc) is 3.00. The first kappa shape index (κ1) is 18.3. The van der Waals surface area contributed by atoms with E-state index in [1.54, 1.807) is 0 Å². The molecule has 0 saturated heterocycles. The van der Waals surface area contributed by atoms with Crippen molar-refractivity contribution in [1.82, 2.24) is 14.6 Å². The SMILES string of the molecule is CC(C)Cc1nn2c(=O)cc(COC(=O)C34CC5CC(CC(C5)C3)C4)nc2s1. The third-order valence-corrected chi connectivity index (χ3v) is 7.68. The quantitative estimate of drug-likeness (QED) is 0.716. The summed E-state index contributed by atoms with van der Waals surface area (Å²) < 4.78 is 7.08. The largest absolute Gasteiger partial charge is 0.459 e. The number of fused-ring (bicyclic) bond motifs is 1. The fraction of sp³-hybridized carbons (Fsp3) is 0.714. The van der Waals surface area contributed by atoms with Gasteiger partial charge >= 0.3 is 5.97 Å². The van der Waals surface area contributed by atoms with E-state index < -0.39 is 0 Å². The minimum absolute atomic E-state index is 0.0709. The molecule has 2 aromatic heterocycles. The van der Waals surface area contributed by atoms with Crippen molar-refractivity contribution in [2.75, 3.05) is 0 Å². The smallest absolute Gasteiger partial charge is 0.312 e. The molecular formula is C21H27N3O3S. The van der Waals surface area contributed by atoms with Gasteiger partial charge in [0.2, 0.25) is 4.96 Å². The van der Waals surface area contributed by atoms with Gasteiger partial charge in [-0.25, -0.2) is 4.98 Å². The van der Waals surface area contributed by atoms with E-state index in [1.165, 1.54) is 41.2 Å². The number of rotatable bonds is 5. The van der Waals surface area contributed by atoms with Crippen molar-refractivity contribution in [3.05, 3.63) is 27.1 Å². The fourth-order valence-corrected chi connectivity index (χ4v) is 7.18. The highest BCUT2D eigenvalue weighted by Crippen LogP contribution is 2.60. The van der Waals surface area contributed by atoms with E-state index in [9.17, 15) is 9.59 Å². The molecule has 0 N–H and O–H groups in total. The highest BCUT2D eigenvalue weighted by molar-refractivity contribution is 7.16. The normalized spacial score (nSPS) is 31.0. The van der Waals surface area contributed by atoms with Gasteiger partial charge in [0, 0.05) is 12.5 Å². The van der Waals surface area contributed by atoms with Gasteiger partial charge in [0.15, 0.2) is 0 Å². The molecule has 0 aromatic carbocycles. The second kappa shape index (κ2) is 6.65. The minimum atomic E-state index is -0.275. The Kier molecular flexibility index (Phi) is 4.34. The maximum absolute atomic E-state index is 13.0. The van der Waals surface area contributed by atoms with E-state index in [0.717, 1.165) is 30.7 Å². The predicted molar refractivity (Wildman–Crippen MR) is 106 cm³/mol. The number of hydrogen-bond acceptors (Lipinski definition) is 6. The summed E-state index contributed by atoms with van der Waals surface area (Å²) in [4.78, 5) is 30.5. The average molecular weight is 402 g/mol. The molecule has 0 aliphatic heterocycles. The lowest BCUT2D eigenvalue weighted by Gasteiger charge is -2.55. The monoisotopic (exact) mass is 401 g/mol. The van der Waals surface area contributed by atoms with Crippen molar-refractivity contribution >= 4 is 22.3 Å². The van der Waals surface area contributed by atoms with Gasteiger partial charge in [-0.05, 0) is 62.2 Å². The fourth-order valence-electron chi connectivity index (χ4n) is 6.05. The predicted octanol–water partition coefficient (Wildman–Crippen LogP) is 3.61. The third kappa shape index (κ3) is 3.17. The molecule has 6 nitrogen and oxygen atoms in total. The summed E-state index contributed by atoms with van der Waals surface area (Å²) in [7, 11) is 0. The molecule has 4 bridgehead atoms. The third-order valence-electron chi connectivity index (χ3n) is 6.75. The minimum Gasteiger partial charge on any atom is -0.459 e. The first-order chi connectivity index (χ1) is 13.4. The van der Waals surface area contributed by atoms with E-state index in [4.69, 9.17) is 4.74 Å². The Labute approximate surface area is 168 Å². The summed E-state index contributed by atoms with van der Waals surface area (Å²) in [5.41, 5.74) is 0.0305. The van der Waals surface area contributed by atoms with Gasteiger partial charge in [-0.3, -0.25) is 9.59 Å². The molecular weight excluding hydrogens is 374 g/mol. The van der Waals surface area contributed by atoms with Gasteiger partial charge in [0.25, 0.3) is 5.56 Å². The van der Waals surface area contributed by atoms with E-state index in [1.807, 2.05) is 0 Å². The van der Waals surface area contributed by atoms with E-state index in [0.29, 0.717) is 34.3 Å². The summed E-state index contributed by atoms with van der Waals surface area (Å²) in [6.45, 7) is 4.32. The topological polar surface area (TPSA) is 73.6 Å². The van der Waals surface area contributed by atoms with Crippen LogP contribution >= 0.6 is 11.3 Å². The van der Waals surface area contributed by atoms with Gasteiger partial charge in [-0.2, -0.15) is 9.61 Å². The first-order valence-electron chi connectivity index (χ1n) is 10.5. The van der Waals surface area contributed by atoms with Gasteiger partial charge in [0.05, 0.1) is 11.1 Å². The zero-order chi connectivity index (χ0) is 19.5. The van der Waals surface area contributed by atoms with Gasteiger partial charge < -0.3 is 4.74 Å². The maximum atomic E-state index is 13.0. The Morgan fingerprint density at radius 3 is 2.50 bits per heavy atom. The molecule has 2 heterocycles. The number of carbonyl (C=O) groups excluding carboxylic acids is 1. The molecule has 0 atom stereocenters. The van der Waals surface area contributed by atoms with Crippen molar-refractivity contribution < 1.29 is 9.53 Å². The molecule has 4 saturated carbocycles. The van der Waals surface area contributed by atoms with E-state index in [-0.39, 0.29) is 23.6 Å². The summed E-state index contributed by atoms with van der Waals surface area (Å²) in [6, 6.07) is 1.44. The van der Waals surface area contributed by atoms with E-state index >= 15 is 0 Å². The Morgan fingerprint density at radius 1 is 1.25 bits per heavy atom. The van der Waals surface area contributed by atoms with Crippen LogP contribution in [0.25, 0.3) is 4.96 Å². The van der Waals surface area contributed by atoms with Crippen LogP contribution in [0.4, 0.5) is 0 Å². The summed E-state index contributed by atoms with van der Waals surface area (Å²) >= 11 is 1.44. The van der Waals surface area contributed by atoms with E-state index in [2.05, 4.69) is 23.9 Å². The van der Waals surface area contributed by atoms with Crippen LogP contribution in [-0.4, -0.2) is 20.6 Å². The van der Waals surface area contributed by atoms with Crippen LogP contribution < -0.4 is 5.56 Å². The molecule has 4 aliphatic carbocycles. The van der Waals surface area contributed by atoms with Crippen LogP contribution in [0.5, 0.6) is 0 Å². The van der Waals surface area contributed by atoms with Gasteiger partial charge in [-0.15, -0.1) is 0 Å². The number of nitrogens with zero attached hydrogens (tertiary/aromatic N) is 3. The molecule has 2 aromatic rings. The number of esters is 1. The Morgan fingerprint density at radius 2 is 1.89 bits per heavy atom. The molecule has 0 unspecified atom stereocenters. The van der Waals surface area contributed by atoms with Crippen LogP contribution in [0.3, 0.4) is 0 Å². The second-order valence-electron chi connectivity index (χ2n) is 9.65. The Balaban J connectivity index is 1.32. The zero-order valence-electron chi connectivity index (χ0n) is 16.5. The van der Waals surface area contributed by atoms with Crippen molar-refractivity contribution in [1.29, 1.82) is 0 Å². The highest BCUT2D eigenvalue weighted by atomic mass is 32.1. The molecule has 4 fully saturated rings. The Bertz CT molecular complexity index is 942. The van der Waals surface area contributed by atoms with Crippen LogP contribution in [0.1, 0.15) is 63.1 Å². The Hall–Kier alpha value is -1.76. The van der Waals surface area contributed by atoms with Crippen LogP contribution in [0.2, 0.25) is 0 Å². The van der Waals surface area contributed by atoms with Crippen molar-refractivity contribution in [2.24, 2.45) is 29.1 Å². The van der Waals surface area contributed by atoms with Gasteiger partial charge in [-0.1, -0.05) is 25.2 Å². The molecule has 0 spiro atoms. The second-order valence-corrected chi connectivity index (χ2v) is 10.7. The summed E-state index contributed by atoms with van der Waals surface area (Å²) in [5, 5.41) is 5.27. The number of carbonyl (C=O) groups is 1. The van der Waals surface area contributed by atoms with Crippen molar-refractivity contribution in [2.45, 2.75) is 65.4 Å².